The predicted octanol–water partition coefficient (Wildman–Crippen LogP) is 1.38. The third-order valence-corrected chi connectivity index (χ3v) is 3.24. The molecule has 1 aromatic carbocycles. The molecule has 1 aromatic heterocycles. The molecule has 0 saturated heterocycles. The predicted molar refractivity (Wildman–Crippen MR) is 80.3 cm³/mol. The Morgan fingerprint density at radius 3 is 2.57 bits per heavy atom. The largest absolute Gasteiger partial charge is 0.348 e. The molecule has 0 aliphatic heterocycles. The van der Waals surface area contributed by atoms with E-state index in [2.05, 4.69) is 15.0 Å². The Kier molecular flexibility index (Phi) is 4.54. The van der Waals surface area contributed by atoms with Crippen LogP contribution in [0.4, 0.5) is 5.69 Å². The number of pyridine rings is 1. The first-order valence-electron chi connectivity index (χ1n) is 6.19. The molecule has 2 aromatic rings. The number of hydrogen-bond donors (Lipinski definition) is 2. The van der Waals surface area contributed by atoms with Crippen molar-refractivity contribution in [2.24, 2.45) is 0 Å². The van der Waals surface area contributed by atoms with Crippen LogP contribution in [-0.2, 0) is 16.6 Å². The number of carbonyl (C=O) groups is 1. The second-order valence-electron chi connectivity index (χ2n) is 4.49. The summed E-state index contributed by atoms with van der Waals surface area (Å²) in [6.45, 7) is 0.380. The van der Waals surface area contributed by atoms with Crippen molar-refractivity contribution >= 4 is 21.6 Å². The minimum atomic E-state index is -3.36. The average Bonchev–Trinajstić information content (AvgIpc) is 2.44. The van der Waals surface area contributed by atoms with E-state index < -0.39 is 10.0 Å². The van der Waals surface area contributed by atoms with Gasteiger partial charge in [-0.15, -0.1) is 0 Å². The Balaban J connectivity index is 2.04. The molecule has 0 spiro atoms. The highest BCUT2D eigenvalue weighted by Crippen LogP contribution is 2.12. The van der Waals surface area contributed by atoms with Crippen molar-refractivity contribution in [1.82, 2.24) is 10.3 Å². The lowest BCUT2D eigenvalue weighted by Crippen LogP contribution is -2.23. The van der Waals surface area contributed by atoms with Gasteiger partial charge in [0.1, 0.15) is 0 Å². The quantitative estimate of drug-likeness (QED) is 0.873. The molecule has 6 nitrogen and oxygen atoms in total. The van der Waals surface area contributed by atoms with Crippen molar-refractivity contribution in [2.45, 2.75) is 6.54 Å². The number of nitrogens with one attached hydrogen (secondary N) is 2. The van der Waals surface area contributed by atoms with Gasteiger partial charge in [0.25, 0.3) is 5.91 Å². The lowest BCUT2D eigenvalue weighted by Gasteiger charge is -2.08. The zero-order valence-electron chi connectivity index (χ0n) is 11.4. The van der Waals surface area contributed by atoms with E-state index in [4.69, 9.17) is 0 Å². The van der Waals surface area contributed by atoms with Crippen molar-refractivity contribution in [3.05, 3.63) is 59.9 Å². The molecule has 0 aliphatic rings. The van der Waals surface area contributed by atoms with Crippen LogP contribution in [0, 0.1) is 0 Å². The fourth-order valence-corrected chi connectivity index (χ4v) is 2.28. The molecule has 1 heterocycles. The van der Waals surface area contributed by atoms with E-state index in [1.54, 1.807) is 30.6 Å². The lowest BCUT2D eigenvalue weighted by atomic mass is 10.2. The maximum atomic E-state index is 12.0. The number of rotatable bonds is 5. The van der Waals surface area contributed by atoms with E-state index in [-0.39, 0.29) is 5.91 Å². The highest BCUT2D eigenvalue weighted by atomic mass is 32.2. The number of benzene rings is 1. The molecule has 0 atom stereocenters. The number of amides is 1. The minimum Gasteiger partial charge on any atom is -0.348 e. The fourth-order valence-electron chi connectivity index (χ4n) is 1.72. The van der Waals surface area contributed by atoms with E-state index in [9.17, 15) is 13.2 Å². The molecule has 110 valence electrons. The lowest BCUT2D eigenvalue weighted by molar-refractivity contribution is 0.0951. The van der Waals surface area contributed by atoms with Gasteiger partial charge in [-0.25, -0.2) is 8.42 Å². The molecular weight excluding hydrogens is 290 g/mol. The summed E-state index contributed by atoms with van der Waals surface area (Å²) in [5, 5.41) is 2.76. The van der Waals surface area contributed by atoms with Gasteiger partial charge in [-0.2, -0.15) is 0 Å². The Bertz CT molecular complexity index is 730. The molecule has 1 amide bonds. The summed E-state index contributed by atoms with van der Waals surface area (Å²) in [5.74, 6) is -0.274. The molecule has 21 heavy (non-hydrogen) atoms. The van der Waals surface area contributed by atoms with Crippen LogP contribution in [0.1, 0.15) is 15.9 Å². The van der Waals surface area contributed by atoms with E-state index >= 15 is 0 Å². The van der Waals surface area contributed by atoms with Crippen LogP contribution in [0.2, 0.25) is 0 Å². The van der Waals surface area contributed by atoms with Gasteiger partial charge in [0.2, 0.25) is 10.0 Å². The van der Waals surface area contributed by atoms with E-state index in [0.717, 1.165) is 11.8 Å². The number of sulfonamides is 1. The van der Waals surface area contributed by atoms with Crippen molar-refractivity contribution in [3.63, 3.8) is 0 Å². The van der Waals surface area contributed by atoms with Crippen molar-refractivity contribution < 1.29 is 13.2 Å². The molecule has 0 radical (unpaired) electrons. The molecule has 2 rings (SSSR count). The van der Waals surface area contributed by atoms with Gasteiger partial charge >= 0.3 is 0 Å². The number of nitrogens with zero attached hydrogens (tertiary/aromatic N) is 1. The van der Waals surface area contributed by atoms with Crippen molar-refractivity contribution in [1.29, 1.82) is 0 Å². The van der Waals surface area contributed by atoms with Crippen LogP contribution in [0.25, 0.3) is 0 Å². The first-order chi connectivity index (χ1) is 9.94. The van der Waals surface area contributed by atoms with Gasteiger partial charge in [0.15, 0.2) is 0 Å². The molecule has 0 saturated carbocycles. The van der Waals surface area contributed by atoms with Crippen molar-refractivity contribution in [2.75, 3.05) is 11.0 Å². The molecular formula is C14H15N3O3S. The summed E-state index contributed by atoms with van der Waals surface area (Å²) in [5.41, 5.74) is 1.68. The Labute approximate surface area is 123 Å². The van der Waals surface area contributed by atoms with Gasteiger partial charge in [0.05, 0.1) is 6.26 Å². The topological polar surface area (TPSA) is 88.2 Å². The third-order valence-electron chi connectivity index (χ3n) is 2.63. The maximum absolute atomic E-state index is 12.0. The molecule has 0 fully saturated rings. The van der Waals surface area contributed by atoms with Gasteiger partial charge in [-0.3, -0.25) is 14.5 Å². The van der Waals surface area contributed by atoms with Crippen molar-refractivity contribution in [3.8, 4) is 0 Å². The molecule has 0 unspecified atom stereocenters. The number of hydrogen-bond acceptors (Lipinski definition) is 4. The molecule has 0 bridgehead atoms. The van der Waals surface area contributed by atoms with Gasteiger partial charge < -0.3 is 5.32 Å². The minimum absolute atomic E-state index is 0.274. The molecule has 0 aliphatic carbocycles. The summed E-state index contributed by atoms with van der Waals surface area (Å²) >= 11 is 0. The normalized spacial score (nSPS) is 10.9. The Hall–Kier alpha value is -2.41. The fraction of sp³-hybridized carbons (Fsp3) is 0.143. The van der Waals surface area contributed by atoms with Crippen LogP contribution < -0.4 is 10.0 Å². The first kappa shape index (κ1) is 15.0. The molecule has 7 heteroatoms. The average molecular weight is 305 g/mol. The van der Waals surface area contributed by atoms with E-state index in [1.807, 2.05) is 12.1 Å². The SMILES string of the molecule is CS(=O)(=O)Nc1cccc(C(=O)NCc2ccncc2)c1. The standard InChI is InChI=1S/C14H15N3O3S/c1-21(19,20)17-13-4-2-3-12(9-13)14(18)16-10-11-5-7-15-8-6-11/h2-9,17H,10H2,1H3,(H,16,18). The van der Waals surface area contributed by atoms with Gasteiger partial charge in [-0.1, -0.05) is 6.07 Å². The Morgan fingerprint density at radius 1 is 1.19 bits per heavy atom. The number of anilines is 1. The maximum Gasteiger partial charge on any atom is 0.251 e. The summed E-state index contributed by atoms with van der Waals surface area (Å²) in [7, 11) is -3.36. The zero-order valence-corrected chi connectivity index (χ0v) is 12.2. The summed E-state index contributed by atoms with van der Waals surface area (Å²) in [4.78, 5) is 15.9. The van der Waals surface area contributed by atoms with Crippen LogP contribution in [0.15, 0.2) is 48.8 Å². The monoisotopic (exact) mass is 305 g/mol. The third kappa shape index (κ3) is 4.88. The number of aromatic nitrogens is 1. The first-order valence-corrected chi connectivity index (χ1v) is 8.08. The van der Waals surface area contributed by atoms with E-state index in [0.29, 0.717) is 17.8 Å². The van der Waals surface area contributed by atoms with Crippen LogP contribution >= 0.6 is 0 Å². The van der Waals surface area contributed by atoms with Gasteiger partial charge in [0, 0.05) is 30.2 Å². The van der Waals surface area contributed by atoms with Crippen LogP contribution in [-0.4, -0.2) is 25.6 Å². The van der Waals surface area contributed by atoms with Crippen LogP contribution in [0.3, 0.4) is 0 Å². The molecule has 2 N–H and O–H groups in total. The summed E-state index contributed by atoms with van der Waals surface area (Å²) in [6, 6.07) is 9.93. The second kappa shape index (κ2) is 6.36. The van der Waals surface area contributed by atoms with Gasteiger partial charge in [-0.05, 0) is 35.9 Å². The second-order valence-corrected chi connectivity index (χ2v) is 6.24. The van der Waals surface area contributed by atoms with Crippen LogP contribution in [0.5, 0.6) is 0 Å². The highest BCUT2D eigenvalue weighted by Gasteiger charge is 2.08. The number of carbonyl (C=O) groups excluding carboxylic acids is 1. The highest BCUT2D eigenvalue weighted by molar-refractivity contribution is 7.92. The van der Waals surface area contributed by atoms with E-state index in [1.165, 1.54) is 6.07 Å². The summed E-state index contributed by atoms with van der Waals surface area (Å²) < 4.78 is 24.7. The summed E-state index contributed by atoms with van der Waals surface area (Å²) in [6.07, 6.45) is 4.36. The zero-order chi connectivity index (χ0) is 15.3. The smallest absolute Gasteiger partial charge is 0.251 e. The Morgan fingerprint density at radius 2 is 1.90 bits per heavy atom.